The quantitative estimate of drug-likeness (QED) is 0.804. The smallest absolute Gasteiger partial charge is 0.258 e. The molecule has 3 N–H and O–H groups in total. The van der Waals surface area contributed by atoms with Gasteiger partial charge in [-0.15, -0.1) is 0 Å². The number of nitrogens with one attached hydrogen (secondary N) is 1. The predicted molar refractivity (Wildman–Crippen MR) is 92.6 cm³/mol. The Morgan fingerprint density at radius 1 is 1.28 bits per heavy atom. The van der Waals surface area contributed by atoms with Crippen molar-refractivity contribution < 1.29 is 14.3 Å². The van der Waals surface area contributed by atoms with Gasteiger partial charge in [-0.25, -0.2) is 0 Å². The number of amides is 2. The molecule has 25 heavy (non-hydrogen) atoms. The highest BCUT2D eigenvalue weighted by atomic mass is 16.5. The molecule has 132 valence electrons. The van der Waals surface area contributed by atoms with Crippen LogP contribution in [-0.4, -0.2) is 27.7 Å². The van der Waals surface area contributed by atoms with E-state index in [1.165, 1.54) is 10.9 Å². The summed E-state index contributed by atoms with van der Waals surface area (Å²) in [5.41, 5.74) is 6.46. The molecular weight excluding hydrogens is 320 g/mol. The van der Waals surface area contributed by atoms with Gasteiger partial charge in [0.2, 0.25) is 5.91 Å². The van der Waals surface area contributed by atoms with Crippen molar-refractivity contribution in [2.75, 3.05) is 5.32 Å². The SMILES string of the molecule is NC(=O)Cn1cc(NC(=O)[C@@H](OC2CCCC2)c2ccccc2)cn1. The standard InChI is InChI=1S/C18H22N4O3/c19-16(23)12-22-11-14(10-20-22)21-18(24)17(13-6-2-1-3-7-13)25-15-8-4-5-9-15/h1-3,6-7,10-11,15,17H,4-5,8-9,12H2,(H2,19,23)(H,21,24)/t17-/m0/s1. The topological polar surface area (TPSA) is 99.2 Å². The third-order valence-electron chi connectivity index (χ3n) is 4.19. The normalized spacial score (nSPS) is 15.8. The monoisotopic (exact) mass is 342 g/mol. The van der Waals surface area contributed by atoms with Gasteiger partial charge in [0.05, 0.1) is 18.0 Å². The van der Waals surface area contributed by atoms with Crippen molar-refractivity contribution in [1.29, 1.82) is 0 Å². The van der Waals surface area contributed by atoms with Gasteiger partial charge in [0.1, 0.15) is 6.54 Å². The molecule has 1 atom stereocenters. The fourth-order valence-electron chi connectivity index (χ4n) is 3.02. The number of aromatic nitrogens is 2. The molecule has 1 aromatic carbocycles. The third kappa shape index (κ3) is 4.67. The van der Waals surface area contributed by atoms with E-state index in [2.05, 4.69) is 10.4 Å². The number of ether oxygens (including phenoxy) is 1. The van der Waals surface area contributed by atoms with Gasteiger partial charge in [-0.1, -0.05) is 43.2 Å². The summed E-state index contributed by atoms with van der Waals surface area (Å²) in [5, 5.41) is 6.81. The molecule has 2 aromatic rings. The number of carbonyl (C=O) groups is 2. The molecule has 0 unspecified atom stereocenters. The highest BCUT2D eigenvalue weighted by Crippen LogP contribution is 2.28. The van der Waals surface area contributed by atoms with Crippen LogP contribution in [0, 0.1) is 0 Å². The van der Waals surface area contributed by atoms with Crippen LogP contribution in [-0.2, 0) is 20.9 Å². The molecule has 7 heteroatoms. The number of primary amides is 1. The van der Waals surface area contributed by atoms with Gasteiger partial charge in [0, 0.05) is 6.20 Å². The van der Waals surface area contributed by atoms with E-state index in [4.69, 9.17) is 10.5 Å². The Bertz CT molecular complexity index is 723. The third-order valence-corrected chi connectivity index (χ3v) is 4.19. The number of benzene rings is 1. The van der Waals surface area contributed by atoms with Crippen molar-refractivity contribution in [2.24, 2.45) is 5.73 Å². The van der Waals surface area contributed by atoms with Crippen molar-refractivity contribution in [3.63, 3.8) is 0 Å². The average Bonchev–Trinajstić information content (AvgIpc) is 3.25. The zero-order valence-electron chi connectivity index (χ0n) is 13.9. The molecule has 0 spiro atoms. The minimum Gasteiger partial charge on any atom is -0.368 e. The Morgan fingerprint density at radius 3 is 2.68 bits per heavy atom. The van der Waals surface area contributed by atoms with Crippen LogP contribution in [0.25, 0.3) is 0 Å². The molecule has 7 nitrogen and oxygen atoms in total. The zero-order valence-corrected chi connectivity index (χ0v) is 13.9. The first-order chi connectivity index (χ1) is 12.1. The lowest BCUT2D eigenvalue weighted by atomic mass is 10.1. The van der Waals surface area contributed by atoms with Gasteiger partial charge in [-0.3, -0.25) is 14.3 Å². The fraction of sp³-hybridized carbons (Fsp3) is 0.389. The van der Waals surface area contributed by atoms with Crippen molar-refractivity contribution in [3.05, 3.63) is 48.3 Å². The zero-order chi connectivity index (χ0) is 17.6. The first-order valence-electron chi connectivity index (χ1n) is 8.44. The van der Waals surface area contributed by atoms with Gasteiger partial charge in [-0.05, 0) is 18.4 Å². The fourth-order valence-corrected chi connectivity index (χ4v) is 3.02. The minimum atomic E-state index is -0.677. The molecule has 1 saturated carbocycles. The molecule has 1 aromatic heterocycles. The minimum absolute atomic E-state index is 0.0312. The van der Waals surface area contributed by atoms with Crippen molar-refractivity contribution in [3.8, 4) is 0 Å². The lowest BCUT2D eigenvalue weighted by Gasteiger charge is -2.21. The molecule has 0 radical (unpaired) electrons. The number of rotatable bonds is 7. The Kier molecular flexibility index (Phi) is 5.45. The molecule has 1 aliphatic carbocycles. The molecule has 3 rings (SSSR count). The summed E-state index contributed by atoms with van der Waals surface area (Å²) in [5.74, 6) is -0.746. The van der Waals surface area contributed by atoms with E-state index in [1.54, 1.807) is 6.20 Å². The van der Waals surface area contributed by atoms with Crippen LogP contribution in [0.3, 0.4) is 0 Å². The first kappa shape index (κ1) is 17.2. The van der Waals surface area contributed by atoms with E-state index in [0.717, 1.165) is 31.2 Å². The molecule has 1 fully saturated rings. The molecule has 1 aliphatic rings. The Labute approximate surface area is 146 Å². The summed E-state index contributed by atoms with van der Waals surface area (Å²) in [7, 11) is 0. The Hall–Kier alpha value is -2.67. The maximum Gasteiger partial charge on any atom is 0.258 e. The van der Waals surface area contributed by atoms with E-state index in [0.29, 0.717) is 5.69 Å². The maximum absolute atomic E-state index is 12.8. The first-order valence-corrected chi connectivity index (χ1v) is 8.44. The Balaban J connectivity index is 1.72. The van der Waals surface area contributed by atoms with Crippen LogP contribution in [0.5, 0.6) is 0 Å². The molecule has 1 heterocycles. The van der Waals surface area contributed by atoms with Gasteiger partial charge in [0.25, 0.3) is 5.91 Å². The summed E-state index contributed by atoms with van der Waals surface area (Å²) in [6, 6.07) is 9.45. The van der Waals surface area contributed by atoms with Gasteiger partial charge < -0.3 is 15.8 Å². The Morgan fingerprint density at radius 2 is 2.00 bits per heavy atom. The number of carbonyl (C=O) groups excluding carboxylic acids is 2. The van der Waals surface area contributed by atoms with E-state index < -0.39 is 12.0 Å². The molecule has 0 aliphatic heterocycles. The van der Waals surface area contributed by atoms with Crippen molar-refractivity contribution in [1.82, 2.24) is 9.78 Å². The number of nitrogens with two attached hydrogens (primary N) is 1. The molecule has 0 saturated heterocycles. The van der Waals surface area contributed by atoms with Crippen molar-refractivity contribution in [2.45, 2.75) is 44.4 Å². The van der Waals surface area contributed by atoms with E-state index >= 15 is 0 Å². The van der Waals surface area contributed by atoms with Gasteiger partial charge >= 0.3 is 0 Å². The van der Waals surface area contributed by atoms with E-state index in [9.17, 15) is 9.59 Å². The highest BCUT2D eigenvalue weighted by Gasteiger charge is 2.27. The summed E-state index contributed by atoms with van der Waals surface area (Å²) >= 11 is 0. The lowest BCUT2D eigenvalue weighted by molar-refractivity contribution is -0.131. The van der Waals surface area contributed by atoms with E-state index in [-0.39, 0.29) is 18.6 Å². The second-order valence-corrected chi connectivity index (χ2v) is 6.22. The number of nitrogens with zero attached hydrogens (tertiary/aromatic N) is 2. The number of hydrogen-bond acceptors (Lipinski definition) is 4. The van der Waals surface area contributed by atoms with Crippen LogP contribution in [0.1, 0.15) is 37.4 Å². The van der Waals surface area contributed by atoms with Crippen LogP contribution < -0.4 is 11.1 Å². The molecular formula is C18H22N4O3. The van der Waals surface area contributed by atoms with Crippen LogP contribution in [0.4, 0.5) is 5.69 Å². The second-order valence-electron chi connectivity index (χ2n) is 6.22. The number of hydrogen-bond donors (Lipinski definition) is 2. The predicted octanol–water partition coefficient (Wildman–Crippen LogP) is 2.01. The average molecular weight is 342 g/mol. The van der Waals surface area contributed by atoms with Crippen molar-refractivity contribution >= 4 is 17.5 Å². The van der Waals surface area contributed by atoms with E-state index in [1.807, 2.05) is 30.3 Å². The summed E-state index contributed by atoms with van der Waals surface area (Å²) in [6.07, 6.45) is 6.71. The second kappa shape index (κ2) is 7.94. The largest absolute Gasteiger partial charge is 0.368 e. The summed E-state index contributed by atoms with van der Waals surface area (Å²) in [4.78, 5) is 23.7. The van der Waals surface area contributed by atoms with Crippen LogP contribution in [0.2, 0.25) is 0 Å². The summed E-state index contributed by atoms with van der Waals surface area (Å²) in [6.45, 7) is -0.0312. The van der Waals surface area contributed by atoms with Crippen LogP contribution in [0.15, 0.2) is 42.7 Å². The van der Waals surface area contributed by atoms with Gasteiger partial charge in [-0.2, -0.15) is 5.10 Å². The highest BCUT2D eigenvalue weighted by molar-refractivity contribution is 5.94. The van der Waals surface area contributed by atoms with Gasteiger partial charge in [0.15, 0.2) is 6.10 Å². The lowest BCUT2D eigenvalue weighted by Crippen LogP contribution is -2.26. The summed E-state index contributed by atoms with van der Waals surface area (Å²) < 4.78 is 7.47. The maximum atomic E-state index is 12.8. The molecule has 2 amide bonds. The number of anilines is 1. The van der Waals surface area contributed by atoms with Crippen LogP contribution >= 0.6 is 0 Å². The molecule has 0 bridgehead atoms.